The second-order valence-corrected chi connectivity index (χ2v) is 7.04. The molecule has 2 amide bonds. The average Bonchev–Trinajstić information content (AvgIpc) is 3.36. The zero-order chi connectivity index (χ0) is 18.0. The number of aliphatic carboxylic acids is 1. The third-order valence-corrected chi connectivity index (χ3v) is 4.89. The maximum atomic E-state index is 12.8. The maximum absolute atomic E-state index is 12.8. The van der Waals surface area contributed by atoms with Crippen molar-refractivity contribution in [3.8, 4) is 0 Å². The van der Waals surface area contributed by atoms with Crippen molar-refractivity contribution in [3.05, 3.63) is 35.4 Å². The molecule has 1 saturated heterocycles. The molecule has 6 heteroatoms. The van der Waals surface area contributed by atoms with Gasteiger partial charge in [0.05, 0.1) is 5.92 Å². The predicted molar refractivity (Wildman–Crippen MR) is 92.0 cm³/mol. The largest absolute Gasteiger partial charge is 0.481 e. The molecule has 1 aromatic carbocycles. The minimum Gasteiger partial charge on any atom is -0.481 e. The molecule has 1 aliphatic carbocycles. The number of rotatable bonds is 7. The highest BCUT2D eigenvalue weighted by atomic mass is 16.4. The summed E-state index contributed by atoms with van der Waals surface area (Å²) in [7, 11) is 0. The molecule has 0 bridgehead atoms. The van der Waals surface area contributed by atoms with Gasteiger partial charge in [-0.3, -0.25) is 14.4 Å². The van der Waals surface area contributed by atoms with Gasteiger partial charge in [-0.05, 0) is 37.0 Å². The lowest BCUT2D eigenvalue weighted by Crippen LogP contribution is -2.38. The Labute approximate surface area is 147 Å². The number of amides is 2. The third-order valence-electron chi connectivity index (χ3n) is 4.89. The molecule has 1 aromatic rings. The van der Waals surface area contributed by atoms with E-state index < -0.39 is 11.9 Å². The molecular weight excluding hydrogens is 320 g/mol. The smallest absolute Gasteiger partial charge is 0.308 e. The lowest BCUT2D eigenvalue weighted by molar-refractivity contribution is -0.141. The number of carboxylic acids is 1. The summed E-state index contributed by atoms with van der Waals surface area (Å²) in [5.41, 5.74) is 1.57. The Balaban J connectivity index is 1.66. The lowest BCUT2D eigenvalue weighted by Gasteiger charge is -2.24. The van der Waals surface area contributed by atoms with E-state index in [0.717, 1.165) is 31.4 Å². The number of carbonyl (C=O) groups is 3. The Bertz CT molecular complexity index is 667. The van der Waals surface area contributed by atoms with Crippen molar-refractivity contribution in [1.82, 2.24) is 9.80 Å². The number of hydrogen-bond donors (Lipinski definition) is 1. The minimum absolute atomic E-state index is 0.112. The summed E-state index contributed by atoms with van der Waals surface area (Å²) in [4.78, 5) is 39.1. The highest BCUT2D eigenvalue weighted by molar-refractivity contribution is 5.95. The van der Waals surface area contributed by atoms with Crippen molar-refractivity contribution < 1.29 is 19.5 Å². The van der Waals surface area contributed by atoms with Crippen LogP contribution < -0.4 is 0 Å². The van der Waals surface area contributed by atoms with E-state index in [4.69, 9.17) is 5.11 Å². The van der Waals surface area contributed by atoms with Crippen molar-refractivity contribution in [2.45, 2.75) is 45.2 Å². The molecule has 3 rings (SSSR count). The van der Waals surface area contributed by atoms with Crippen LogP contribution in [0.4, 0.5) is 0 Å². The Morgan fingerprint density at radius 3 is 2.48 bits per heavy atom. The summed E-state index contributed by atoms with van der Waals surface area (Å²) < 4.78 is 0. The van der Waals surface area contributed by atoms with Crippen LogP contribution in [-0.4, -0.2) is 51.8 Å². The highest BCUT2D eigenvalue weighted by Gasteiger charge is 2.34. The zero-order valence-electron chi connectivity index (χ0n) is 14.5. The van der Waals surface area contributed by atoms with E-state index in [2.05, 4.69) is 0 Å². The Kier molecular flexibility index (Phi) is 5.06. The van der Waals surface area contributed by atoms with Gasteiger partial charge in [-0.1, -0.05) is 19.1 Å². The molecule has 1 aliphatic heterocycles. The predicted octanol–water partition coefficient (Wildman–Crippen LogP) is 2.13. The van der Waals surface area contributed by atoms with Crippen molar-refractivity contribution in [2.75, 3.05) is 13.1 Å². The highest BCUT2D eigenvalue weighted by Crippen LogP contribution is 2.29. The van der Waals surface area contributed by atoms with Crippen molar-refractivity contribution in [2.24, 2.45) is 5.92 Å². The van der Waals surface area contributed by atoms with Gasteiger partial charge in [0.2, 0.25) is 5.91 Å². The third kappa shape index (κ3) is 4.18. The van der Waals surface area contributed by atoms with Crippen molar-refractivity contribution in [1.29, 1.82) is 0 Å². The van der Waals surface area contributed by atoms with E-state index in [1.165, 1.54) is 0 Å². The van der Waals surface area contributed by atoms with E-state index >= 15 is 0 Å². The van der Waals surface area contributed by atoms with E-state index in [1.807, 2.05) is 17.0 Å². The fraction of sp³-hybridized carbons (Fsp3) is 0.526. The van der Waals surface area contributed by atoms with Gasteiger partial charge in [0.15, 0.2) is 0 Å². The first-order chi connectivity index (χ1) is 12.0. The molecule has 1 unspecified atom stereocenters. The monoisotopic (exact) mass is 344 g/mol. The fourth-order valence-electron chi connectivity index (χ4n) is 3.17. The molecule has 6 nitrogen and oxygen atoms in total. The Morgan fingerprint density at radius 2 is 1.96 bits per heavy atom. The van der Waals surface area contributed by atoms with Gasteiger partial charge < -0.3 is 14.9 Å². The van der Waals surface area contributed by atoms with Gasteiger partial charge in [0.25, 0.3) is 5.91 Å². The van der Waals surface area contributed by atoms with E-state index in [1.54, 1.807) is 24.0 Å². The van der Waals surface area contributed by atoms with Crippen LogP contribution in [0.5, 0.6) is 0 Å². The summed E-state index contributed by atoms with van der Waals surface area (Å²) >= 11 is 0. The van der Waals surface area contributed by atoms with Crippen LogP contribution in [0.15, 0.2) is 24.3 Å². The summed E-state index contributed by atoms with van der Waals surface area (Å²) in [5, 5.41) is 9.11. The fourth-order valence-corrected chi connectivity index (χ4v) is 3.17. The number of hydrogen-bond acceptors (Lipinski definition) is 3. The van der Waals surface area contributed by atoms with Crippen LogP contribution in [0.2, 0.25) is 0 Å². The Hall–Kier alpha value is -2.37. The second kappa shape index (κ2) is 7.25. The zero-order valence-corrected chi connectivity index (χ0v) is 14.5. The summed E-state index contributed by atoms with van der Waals surface area (Å²) in [5.74, 6) is -1.39. The van der Waals surface area contributed by atoms with Gasteiger partial charge in [-0.2, -0.15) is 0 Å². The quantitative estimate of drug-likeness (QED) is 0.822. The molecule has 1 N–H and O–H groups in total. The van der Waals surface area contributed by atoms with Crippen LogP contribution in [-0.2, 0) is 16.1 Å². The van der Waals surface area contributed by atoms with Crippen LogP contribution in [0.3, 0.4) is 0 Å². The van der Waals surface area contributed by atoms with Gasteiger partial charge in [0.1, 0.15) is 0 Å². The standard InChI is InChI=1S/C19H24N2O4/c1-13(19(24)25)11-21(16-8-9-16)18(23)15-6-4-14(5-7-15)12-20-10-2-3-17(20)22/h4-7,13,16H,2-3,8-12H2,1H3,(H,24,25). The molecular formula is C19H24N2O4. The van der Waals surface area contributed by atoms with Gasteiger partial charge in [-0.15, -0.1) is 0 Å². The van der Waals surface area contributed by atoms with E-state index in [9.17, 15) is 14.4 Å². The summed E-state index contributed by atoms with van der Waals surface area (Å²) in [6, 6.07) is 7.48. The van der Waals surface area contributed by atoms with E-state index in [-0.39, 0.29) is 24.4 Å². The molecule has 0 aromatic heterocycles. The molecule has 1 heterocycles. The molecule has 134 valence electrons. The van der Waals surface area contributed by atoms with Crippen molar-refractivity contribution >= 4 is 17.8 Å². The number of carbonyl (C=O) groups excluding carboxylic acids is 2. The number of benzene rings is 1. The molecule has 0 radical (unpaired) electrons. The van der Waals surface area contributed by atoms with Crippen LogP contribution in [0.25, 0.3) is 0 Å². The summed E-state index contributed by atoms with van der Waals surface area (Å²) in [6.07, 6.45) is 3.41. The first-order valence-corrected chi connectivity index (χ1v) is 8.86. The lowest BCUT2D eigenvalue weighted by atomic mass is 10.1. The topological polar surface area (TPSA) is 77.9 Å². The molecule has 1 atom stereocenters. The number of likely N-dealkylation sites (tertiary alicyclic amines) is 1. The molecule has 2 aliphatic rings. The molecule has 0 spiro atoms. The normalized spacial score (nSPS) is 18.3. The minimum atomic E-state index is -0.885. The van der Waals surface area contributed by atoms with Crippen LogP contribution >= 0.6 is 0 Å². The molecule has 25 heavy (non-hydrogen) atoms. The first-order valence-electron chi connectivity index (χ1n) is 8.86. The summed E-state index contributed by atoms with van der Waals surface area (Å²) in [6.45, 7) is 3.24. The van der Waals surface area contributed by atoms with Crippen LogP contribution in [0, 0.1) is 5.92 Å². The van der Waals surface area contributed by atoms with Gasteiger partial charge in [-0.25, -0.2) is 0 Å². The Morgan fingerprint density at radius 1 is 1.28 bits per heavy atom. The molecule has 2 fully saturated rings. The van der Waals surface area contributed by atoms with Crippen molar-refractivity contribution in [3.63, 3.8) is 0 Å². The van der Waals surface area contributed by atoms with E-state index in [0.29, 0.717) is 18.5 Å². The van der Waals surface area contributed by atoms with Gasteiger partial charge >= 0.3 is 5.97 Å². The maximum Gasteiger partial charge on any atom is 0.308 e. The number of carboxylic acid groups (broad SMARTS) is 1. The average molecular weight is 344 g/mol. The van der Waals surface area contributed by atoms with Crippen LogP contribution in [0.1, 0.15) is 48.5 Å². The van der Waals surface area contributed by atoms with Gasteiger partial charge in [0, 0.05) is 37.7 Å². The first kappa shape index (κ1) is 17.5. The second-order valence-electron chi connectivity index (χ2n) is 7.04. The number of nitrogens with zero attached hydrogens (tertiary/aromatic N) is 2. The SMILES string of the molecule is CC(CN(C(=O)c1ccc(CN2CCCC2=O)cc1)C1CC1)C(=O)O. The molecule has 1 saturated carbocycles.